The predicted molar refractivity (Wildman–Crippen MR) is 44.5 cm³/mol. The van der Waals surface area contributed by atoms with Crippen LogP contribution in [0.4, 0.5) is 0 Å². The van der Waals surface area contributed by atoms with Crippen LogP contribution >= 0.6 is 0 Å². The Morgan fingerprint density at radius 1 is 1.27 bits per heavy atom. The van der Waals surface area contributed by atoms with Crippen molar-refractivity contribution in [2.45, 2.75) is 19.5 Å². The molecule has 0 spiro atoms. The second kappa shape index (κ2) is 7.11. The van der Waals surface area contributed by atoms with E-state index in [9.17, 15) is 0 Å². The van der Waals surface area contributed by atoms with Crippen molar-refractivity contribution in [1.82, 2.24) is 9.97 Å². The molecule has 0 amide bonds. The number of hydrogen-bond donors (Lipinski definition) is 2. The van der Waals surface area contributed by atoms with Gasteiger partial charge in [0.25, 0.3) is 0 Å². The molecule has 1 rings (SSSR count). The Morgan fingerprint density at radius 2 is 1.73 bits per heavy atom. The summed E-state index contributed by atoms with van der Waals surface area (Å²) in [4.78, 5) is 7.35. The van der Waals surface area contributed by atoms with Crippen molar-refractivity contribution in [3.63, 3.8) is 0 Å². The van der Waals surface area contributed by atoms with E-state index >= 15 is 0 Å². The molecule has 0 aliphatic heterocycles. The molecule has 0 bridgehead atoms. The van der Waals surface area contributed by atoms with Crippen LogP contribution in [0, 0.1) is 0 Å². The number of nitrogens with two attached hydrogens (primary N) is 2. The van der Waals surface area contributed by atoms with E-state index in [2.05, 4.69) is 9.97 Å². The zero-order chi connectivity index (χ0) is 8.53. The van der Waals surface area contributed by atoms with E-state index in [0.717, 1.165) is 6.42 Å². The van der Waals surface area contributed by atoms with Crippen LogP contribution in [0.1, 0.15) is 13.3 Å². The molecule has 0 aromatic carbocycles. The molecule has 4 heteroatoms. The third kappa shape index (κ3) is 9.00. The van der Waals surface area contributed by atoms with Crippen molar-refractivity contribution < 1.29 is 0 Å². The molecule has 62 valence electrons. The van der Waals surface area contributed by atoms with E-state index in [4.69, 9.17) is 11.5 Å². The minimum Gasteiger partial charge on any atom is -0.316 e. The maximum Gasteiger partial charge on any atom is 0.115 e. The molecule has 11 heavy (non-hydrogen) atoms. The Labute approximate surface area is 66.7 Å². The van der Waals surface area contributed by atoms with Gasteiger partial charge in [-0.25, -0.2) is 9.97 Å². The lowest BCUT2D eigenvalue weighted by atomic mass is 10.4. The summed E-state index contributed by atoms with van der Waals surface area (Å²) in [6.07, 6.45) is 5.62. The monoisotopic (exact) mass is 154 g/mol. The molecule has 0 saturated heterocycles. The first-order chi connectivity index (χ1) is 5.27. The average molecular weight is 154 g/mol. The van der Waals surface area contributed by atoms with Crippen molar-refractivity contribution in [2.24, 2.45) is 11.5 Å². The minimum absolute atomic E-state index is 0.116. The number of aromatic nitrogens is 2. The van der Waals surface area contributed by atoms with E-state index in [-0.39, 0.29) is 6.17 Å². The highest BCUT2D eigenvalue weighted by molar-refractivity contribution is 4.74. The second-order valence-corrected chi connectivity index (χ2v) is 1.98. The van der Waals surface area contributed by atoms with Gasteiger partial charge in [0.1, 0.15) is 6.33 Å². The summed E-state index contributed by atoms with van der Waals surface area (Å²) in [6, 6.07) is 1.78. The van der Waals surface area contributed by atoms with Crippen LogP contribution in [0.25, 0.3) is 0 Å². The Morgan fingerprint density at radius 3 is 1.82 bits per heavy atom. The summed E-state index contributed by atoms with van der Waals surface area (Å²) in [7, 11) is 0. The van der Waals surface area contributed by atoms with Crippen LogP contribution in [0.2, 0.25) is 0 Å². The summed E-state index contributed by atoms with van der Waals surface area (Å²) in [5, 5.41) is 0. The normalized spacial score (nSPS) is 8.73. The Hall–Kier alpha value is -1.00. The van der Waals surface area contributed by atoms with Gasteiger partial charge in [0, 0.05) is 12.4 Å². The van der Waals surface area contributed by atoms with Crippen LogP contribution in [0.15, 0.2) is 24.8 Å². The molecule has 1 heterocycles. The molecule has 4 nitrogen and oxygen atoms in total. The molecule has 1 aromatic heterocycles. The van der Waals surface area contributed by atoms with Crippen molar-refractivity contribution in [2.75, 3.05) is 0 Å². The van der Waals surface area contributed by atoms with Gasteiger partial charge < -0.3 is 11.5 Å². The SMILES string of the molecule is CCC(N)N.c1cncnc1. The van der Waals surface area contributed by atoms with Crippen LogP contribution in [-0.4, -0.2) is 16.1 Å². The summed E-state index contributed by atoms with van der Waals surface area (Å²) in [6.45, 7) is 1.95. The van der Waals surface area contributed by atoms with Gasteiger partial charge >= 0.3 is 0 Å². The molecule has 1 aromatic rings. The fourth-order valence-electron chi connectivity index (χ4n) is 0.253. The number of rotatable bonds is 1. The van der Waals surface area contributed by atoms with E-state index in [1.807, 2.05) is 6.92 Å². The van der Waals surface area contributed by atoms with Crippen molar-refractivity contribution in [3.05, 3.63) is 24.8 Å². The molecule has 0 unspecified atom stereocenters. The highest BCUT2D eigenvalue weighted by Gasteiger charge is 1.79. The average Bonchev–Trinajstić information content (AvgIpc) is 2.09. The van der Waals surface area contributed by atoms with Crippen LogP contribution in [0.5, 0.6) is 0 Å². The third-order valence-electron chi connectivity index (χ3n) is 0.949. The molecule has 0 aliphatic rings. The lowest BCUT2D eigenvalue weighted by Crippen LogP contribution is -2.28. The van der Waals surface area contributed by atoms with Gasteiger partial charge in [0.05, 0.1) is 6.17 Å². The van der Waals surface area contributed by atoms with Crippen molar-refractivity contribution >= 4 is 0 Å². The Kier molecular flexibility index (Phi) is 6.46. The Bertz CT molecular complexity index is 125. The minimum atomic E-state index is -0.116. The first-order valence-electron chi connectivity index (χ1n) is 3.48. The molecule has 4 N–H and O–H groups in total. The van der Waals surface area contributed by atoms with Gasteiger partial charge in [0.15, 0.2) is 0 Å². The highest BCUT2D eigenvalue weighted by Crippen LogP contribution is 1.68. The lowest BCUT2D eigenvalue weighted by Gasteiger charge is -1.92. The summed E-state index contributed by atoms with van der Waals surface area (Å²) >= 11 is 0. The Balaban J connectivity index is 0.000000187. The van der Waals surface area contributed by atoms with Crippen LogP contribution in [-0.2, 0) is 0 Å². The van der Waals surface area contributed by atoms with Crippen molar-refractivity contribution in [3.8, 4) is 0 Å². The van der Waals surface area contributed by atoms with Gasteiger partial charge in [0.2, 0.25) is 0 Å². The standard InChI is InChI=1S/C4H4N2.C3H10N2/c1-2-5-4-6-3-1;1-2-3(4)5/h1-4H;3H,2,4-5H2,1H3. The molecule has 0 fully saturated rings. The zero-order valence-electron chi connectivity index (χ0n) is 6.64. The van der Waals surface area contributed by atoms with Gasteiger partial charge in [-0.3, -0.25) is 0 Å². The number of nitrogens with zero attached hydrogens (tertiary/aromatic N) is 2. The van der Waals surface area contributed by atoms with Gasteiger partial charge in [-0.15, -0.1) is 0 Å². The van der Waals surface area contributed by atoms with Crippen LogP contribution < -0.4 is 11.5 Å². The topological polar surface area (TPSA) is 77.8 Å². The van der Waals surface area contributed by atoms with Gasteiger partial charge in [-0.1, -0.05) is 6.92 Å². The second-order valence-electron chi connectivity index (χ2n) is 1.98. The van der Waals surface area contributed by atoms with E-state index in [0.29, 0.717) is 0 Å². The molecule has 0 aliphatic carbocycles. The van der Waals surface area contributed by atoms with Gasteiger partial charge in [-0.05, 0) is 12.5 Å². The molecular weight excluding hydrogens is 140 g/mol. The zero-order valence-corrected chi connectivity index (χ0v) is 6.64. The molecule has 0 saturated carbocycles. The number of hydrogen-bond acceptors (Lipinski definition) is 4. The van der Waals surface area contributed by atoms with Crippen molar-refractivity contribution in [1.29, 1.82) is 0 Å². The molecule has 0 radical (unpaired) electrons. The maximum absolute atomic E-state index is 5.07. The summed E-state index contributed by atoms with van der Waals surface area (Å²) < 4.78 is 0. The fourth-order valence-corrected chi connectivity index (χ4v) is 0.253. The summed E-state index contributed by atoms with van der Waals surface area (Å²) in [5.41, 5.74) is 10.1. The third-order valence-corrected chi connectivity index (χ3v) is 0.949. The van der Waals surface area contributed by atoms with E-state index in [1.165, 1.54) is 6.33 Å². The fraction of sp³-hybridized carbons (Fsp3) is 0.429. The molecular formula is C7H14N4. The largest absolute Gasteiger partial charge is 0.316 e. The first-order valence-corrected chi connectivity index (χ1v) is 3.48. The van der Waals surface area contributed by atoms with Gasteiger partial charge in [-0.2, -0.15) is 0 Å². The highest BCUT2D eigenvalue weighted by atomic mass is 14.8. The van der Waals surface area contributed by atoms with Crippen LogP contribution in [0.3, 0.4) is 0 Å². The maximum atomic E-state index is 5.07. The predicted octanol–water partition coefficient (Wildman–Crippen LogP) is 0.116. The van der Waals surface area contributed by atoms with E-state index in [1.54, 1.807) is 18.5 Å². The molecule has 0 atom stereocenters. The smallest absolute Gasteiger partial charge is 0.115 e. The first kappa shape index (κ1) is 10.0. The summed E-state index contributed by atoms with van der Waals surface area (Å²) in [5.74, 6) is 0. The quantitative estimate of drug-likeness (QED) is 0.563. The van der Waals surface area contributed by atoms with E-state index < -0.39 is 0 Å². The lowest BCUT2D eigenvalue weighted by molar-refractivity contribution is 0.682.